The van der Waals surface area contributed by atoms with Gasteiger partial charge in [-0.15, -0.1) is 0 Å². The molecule has 0 saturated heterocycles. The molecule has 0 amide bonds. The number of aryl methyl sites for hydroxylation is 1. The molecule has 0 fully saturated rings. The third-order valence-electron chi connectivity index (χ3n) is 3.22. The SMILES string of the molecule is c1ccc2c(c1)CCCC2n1ccnc1. The van der Waals surface area contributed by atoms with Gasteiger partial charge in [-0.3, -0.25) is 0 Å². The predicted octanol–water partition coefficient (Wildman–Crippen LogP) is 2.81. The first-order chi connectivity index (χ1) is 7.45. The van der Waals surface area contributed by atoms with Gasteiger partial charge in [0.25, 0.3) is 0 Å². The van der Waals surface area contributed by atoms with Crippen LogP contribution in [0, 0.1) is 0 Å². The molecule has 3 rings (SSSR count). The molecule has 1 aliphatic rings. The van der Waals surface area contributed by atoms with Crippen molar-refractivity contribution in [3.05, 3.63) is 54.1 Å². The van der Waals surface area contributed by atoms with Gasteiger partial charge in [0.15, 0.2) is 0 Å². The Kier molecular flexibility index (Phi) is 2.05. The molecule has 1 unspecified atom stereocenters. The molecule has 0 spiro atoms. The standard InChI is InChI=1S/C13H14N2/c1-2-6-12-11(4-1)5-3-7-13(12)15-9-8-14-10-15/h1-2,4,6,8-10,13H,3,5,7H2. The normalized spacial score (nSPS) is 19.9. The number of imidazole rings is 1. The van der Waals surface area contributed by atoms with E-state index in [1.165, 1.54) is 30.4 Å². The van der Waals surface area contributed by atoms with Crippen LogP contribution in [-0.4, -0.2) is 9.55 Å². The lowest BCUT2D eigenvalue weighted by atomic mass is 9.88. The molecular weight excluding hydrogens is 184 g/mol. The lowest BCUT2D eigenvalue weighted by Crippen LogP contribution is -2.15. The molecule has 2 heteroatoms. The molecule has 0 N–H and O–H groups in total. The first kappa shape index (κ1) is 8.72. The topological polar surface area (TPSA) is 17.8 Å². The summed E-state index contributed by atoms with van der Waals surface area (Å²) in [7, 11) is 0. The summed E-state index contributed by atoms with van der Waals surface area (Å²) in [6, 6.07) is 9.26. The molecule has 1 aromatic heterocycles. The summed E-state index contributed by atoms with van der Waals surface area (Å²) >= 11 is 0. The highest BCUT2D eigenvalue weighted by Crippen LogP contribution is 2.32. The van der Waals surface area contributed by atoms with Crippen LogP contribution in [0.5, 0.6) is 0 Å². The van der Waals surface area contributed by atoms with Crippen molar-refractivity contribution in [2.45, 2.75) is 25.3 Å². The number of rotatable bonds is 1. The summed E-state index contributed by atoms with van der Waals surface area (Å²) < 4.78 is 2.22. The van der Waals surface area contributed by atoms with Crippen LogP contribution in [0.2, 0.25) is 0 Å². The summed E-state index contributed by atoms with van der Waals surface area (Å²) in [5.74, 6) is 0. The minimum atomic E-state index is 0.498. The van der Waals surface area contributed by atoms with Gasteiger partial charge in [-0.1, -0.05) is 24.3 Å². The van der Waals surface area contributed by atoms with E-state index >= 15 is 0 Å². The Hall–Kier alpha value is -1.57. The fourth-order valence-electron chi connectivity index (χ4n) is 2.49. The van der Waals surface area contributed by atoms with Crippen LogP contribution in [-0.2, 0) is 6.42 Å². The van der Waals surface area contributed by atoms with Crippen LogP contribution in [0.1, 0.15) is 30.0 Å². The summed E-state index contributed by atoms with van der Waals surface area (Å²) in [6.07, 6.45) is 9.57. The first-order valence-corrected chi connectivity index (χ1v) is 5.50. The van der Waals surface area contributed by atoms with Crippen molar-refractivity contribution in [2.24, 2.45) is 0 Å². The van der Waals surface area contributed by atoms with Crippen LogP contribution < -0.4 is 0 Å². The maximum absolute atomic E-state index is 4.13. The number of hydrogen-bond acceptors (Lipinski definition) is 1. The zero-order valence-electron chi connectivity index (χ0n) is 8.63. The van der Waals surface area contributed by atoms with Gasteiger partial charge in [-0.25, -0.2) is 4.98 Å². The minimum Gasteiger partial charge on any atom is -0.330 e. The predicted molar refractivity (Wildman–Crippen MR) is 59.7 cm³/mol. The number of nitrogens with zero attached hydrogens (tertiary/aromatic N) is 2. The zero-order valence-corrected chi connectivity index (χ0v) is 8.63. The Morgan fingerprint density at radius 1 is 1.27 bits per heavy atom. The van der Waals surface area contributed by atoms with Crippen LogP contribution in [0.4, 0.5) is 0 Å². The van der Waals surface area contributed by atoms with Gasteiger partial charge in [0.05, 0.1) is 12.4 Å². The number of hydrogen-bond donors (Lipinski definition) is 0. The largest absolute Gasteiger partial charge is 0.330 e. The maximum atomic E-state index is 4.13. The van der Waals surface area contributed by atoms with Crippen LogP contribution in [0.25, 0.3) is 0 Å². The Labute approximate surface area is 89.6 Å². The van der Waals surface area contributed by atoms with Gasteiger partial charge in [0.2, 0.25) is 0 Å². The Morgan fingerprint density at radius 3 is 3.07 bits per heavy atom. The van der Waals surface area contributed by atoms with E-state index in [-0.39, 0.29) is 0 Å². The Balaban J connectivity index is 2.06. The quantitative estimate of drug-likeness (QED) is 0.689. The molecule has 2 nitrogen and oxygen atoms in total. The smallest absolute Gasteiger partial charge is 0.0951 e. The van der Waals surface area contributed by atoms with Gasteiger partial charge < -0.3 is 4.57 Å². The molecule has 1 atom stereocenters. The van der Waals surface area contributed by atoms with Gasteiger partial charge in [-0.05, 0) is 30.4 Å². The molecule has 76 valence electrons. The highest BCUT2D eigenvalue weighted by Gasteiger charge is 2.20. The van der Waals surface area contributed by atoms with Gasteiger partial charge in [0, 0.05) is 12.4 Å². The third-order valence-corrected chi connectivity index (χ3v) is 3.22. The van der Waals surface area contributed by atoms with Crippen molar-refractivity contribution in [3.8, 4) is 0 Å². The molecule has 2 aromatic rings. The van der Waals surface area contributed by atoms with E-state index in [0.29, 0.717) is 6.04 Å². The highest BCUT2D eigenvalue weighted by molar-refractivity contribution is 5.32. The molecule has 0 bridgehead atoms. The molecular formula is C13H14N2. The van der Waals surface area contributed by atoms with E-state index in [9.17, 15) is 0 Å². The average molecular weight is 198 g/mol. The highest BCUT2D eigenvalue weighted by atomic mass is 15.0. The van der Waals surface area contributed by atoms with Crippen LogP contribution >= 0.6 is 0 Å². The summed E-state index contributed by atoms with van der Waals surface area (Å²) in [4.78, 5) is 4.13. The van der Waals surface area contributed by atoms with E-state index in [1.807, 2.05) is 12.5 Å². The summed E-state index contributed by atoms with van der Waals surface area (Å²) in [5, 5.41) is 0. The van der Waals surface area contributed by atoms with Gasteiger partial charge in [-0.2, -0.15) is 0 Å². The third kappa shape index (κ3) is 1.46. The zero-order chi connectivity index (χ0) is 10.1. The minimum absolute atomic E-state index is 0.498. The maximum Gasteiger partial charge on any atom is 0.0951 e. The van der Waals surface area contributed by atoms with Crippen molar-refractivity contribution >= 4 is 0 Å². The first-order valence-electron chi connectivity index (χ1n) is 5.50. The van der Waals surface area contributed by atoms with Crippen molar-refractivity contribution in [2.75, 3.05) is 0 Å². The van der Waals surface area contributed by atoms with Gasteiger partial charge >= 0.3 is 0 Å². The number of benzene rings is 1. The molecule has 0 aliphatic heterocycles. The average Bonchev–Trinajstić information content (AvgIpc) is 2.82. The monoisotopic (exact) mass is 198 g/mol. The second-order valence-corrected chi connectivity index (χ2v) is 4.12. The van der Waals surface area contributed by atoms with E-state index in [1.54, 1.807) is 0 Å². The van der Waals surface area contributed by atoms with Crippen LogP contribution in [0.3, 0.4) is 0 Å². The van der Waals surface area contributed by atoms with Crippen molar-refractivity contribution < 1.29 is 0 Å². The molecule has 0 radical (unpaired) electrons. The van der Waals surface area contributed by atoms with E-state index in [0.717, 1.165) is 0 Å². The Morgan fingerprint density at radius 2 is 2.20 bits per heavy atom. The fraction of sp³-hybridized carbons (Fsp3) is 0.308. The fourth-order valence-corrected chi connectivity index (χ4v) is 2.49. The molecule has 1 heterocycles. The van der Waals surface area contributed by atoms with Crippen LogP contribution in [0.15, 0.2) is 43.0 Å². The van der Waals surface area contributed by atoms with Gasteiger partial charge in [0.1, 0.15) is 0 Å². The molecule has 1 aromatic carbocycles. The van der Waals surface area contributed by atoms with Crippen molar-refractivity contribution in [1.29, 1.82) is 0 Å². The molecule has 1 aliphatic carbocycles. The number of aromatic nitrogens is 2. The van der Waals surface area contributed by atoms with E-state index in [2.05, 4.69) is 40.0 Å². The second-order valence-electron chi connectivity index (χ2n) is 4.12. The number of fused-ring (bicyclic) bond motifs is 1. The van der Waals surface area contributed by atoms with Crippen molar-refractivity contribution in [3.63, 3.8) is 0 Å². The Bertz CT molecular complexity index is 445. The van der Waals surface area contributed by atoms with E-state index < -0.39 is 0 Å². The summed E-state index contributed by atoms with van der Waals surface area (Å²) in [6.45, 7) is 0. The van der Waals surface area contributed by atoms with Crippen molar-refractivity contribution in [1.82, 2.24) is 9.55 Å². The molecule has 0 saturated carbocycles. The second kappa shape index (κ2) is 3.54. The molecule has 15 heavy (non-hydrogen) atoms. The lowest BCUT2D eigenvalue weighted by molar-refractivity contribution is 0.489. The van der Waals surface area contributed by atoms with E-state index in [4.69, 9.17) is 0 Å². The summed E-state index contributed by atoms with van der Waals surface area (Å²) in [5.41, 5.74) is 2.98. The lowest BCUT2D eigenvalue weighted by Gasteiger charge is -2.26.